The van der Waals surface area contributed by atoms with E-state index in [0.29, 0.717) is 22.4 Å². The van der Waals surface area contributed by atoms with E-state index >= 15 is 0 Å². The van der Waals surface area contributed by atoms with Crippen molar-refractivity contribution in [3.05, 3.63) is 69.3 Å². The van der Waals surface area contributed by atoms with Crippen molar-refractivity contribution < 1.29 is 9.21 Å². The average Bonchev–Trinajstić information content (AvgIpc) is 3.02. The van der Waals surface area contributed by atoms with Crippen LogP contribution in [0.25, 0.3) is 11.6 Å². The fraction of sp³-hybridized carbons (Fsp3) is 0.176. The molecule has 0 bridgehead atoms. The molecule has 3 aromatic rings. The summed E-state index contributed by atoms with van der Waals surface area (Å²) in [5.74, 6) is 0.574. The minimum absolute atomic E-state index is 0.211. The summed E-state index contributed by atoms with van der Waals surface area (Å²) in [6.07, 6.45) is 1.56. The highest BCUT2D eigenvalue weighted by atomic mass is 35.5. The maximum atomic E-state index is 12.1. The first-order valence-corrected chi connectivity index (χ1v) is 7.92. The molecule has 1 amide bonds. The lowest BCUT2D eigenvalue weighted by molar-refractivity contribution is -0.122. The van der Waals surface area contributed by atoms with Crippen molar-refractivity contribution in [1.29, 1.82) is 0 Å². The molecule has 0 unspecified atom stereocenters. The zero-order valence-electron chi connectivity index (χ0n) is 13.4. The summed E-state index contributed by atoms with van der Waals surface area (Å²) in [4.78, 5) is 28.1. The zero-order chi connectivity index (χ0) is 17.8. The zero-order valence-corrected chi connectivity index (χ0v) is 14.2. The lowest BCUT2D eigenvalue weighted by Crippen LogP contribution is -2.33. The highest BCUT2D eigenvalue weighted by molar-refractivity contribution is 6.31. The number of halogens is 1. The summed E-state index contributed by atoms with van der Waals surface area (Å²) >= 11 is 6.05. The first-order valence-electron chi connectivity index (χ1n) is 7.54. The van der Waals surface area contributed by atoms with Gasteiger partial charge >= 0.3 is 0 Å². The molecule has 1 N–H and O–H groups in total. The van der Waals surface area contributed by atoms with Gasteiger partial charge in [-0.1, -0.05) is 29.8 Å². The van der Waals surface area contributed by atoms with Gasteiger partial charge in [0.1, 0.15) is 18.0 Å². The molecule has 1 aromatic carbocycles. The Hall–Kier alpha value is -2.93. The molecule has 0 aliphatic rings. The molecule has 0 aliphatic heterocycles. The number of amides is 1. The fourth-order valence-corrected chi connectivity index (χ4v) is 2.38. The maximum absolute atomic E-state index is 12.1. The summed E-state index contributed by atoms with van der Waals surface area (Å²) in [6, 6.07) is 10.0. The molecule has 2 aromatic heterocycles. The normalized spacial score (nSPS) is 10.6. The number of carbonyl (C=O) groups is 1. The largest absolute Gasteiger partial charge is 0.440 e. The molecule has 2 heterocycles. The van der Waals surface area contributed by atoms with E-state index in [9.17, 15) is 9.59 Å². The third kappa shape index (κ3) is 4.13. The Morgan fingerprint density at radius 3 is 2.80 bits per heavy atom. The Balaban J connectivity index is 1.70. The van der Waals surface area contributed by atoms with Crippen LogP contribution in [0.15, 0.2) is 51.8 Å². The number of hydrogen-bond acceptors (Lipinski definition) is 5. The molecule has 0 radical (unpaired) electrons. The van der Waals surface area contributed by atoms with Gasteiger partial charge in [0.05, 0.1) is 6.20 Å². The summed E-state index contributed by atoms with van der Waals surface area (Å²) in [6.45, 7) is 1.82. The van der Waals surface area contributed by atoms with Crippen LogP contribution in [0.2, 0.25) is 5.02 Å². The lowest BCUT2D eigenvalue weighted by atomic mass is 10.2. The van der Waals surface area contributed by atoms with Gasteiger partial charge in [0.2, 0.25) is 11.8 Å². The second kappa shape index (κ2) is 7.31. The van der Waals surface area contributed by atoms with Gasteiger partial charge in [0, 0.05) is 17.6 Å². The van der Waals surface area contributed by atoms with Crippen LogP contribution in [-0.2, 0) is 17.9 Å². The Labute approximate surface area is 148 Å². The van der Waals surface area contributed by atoms with Crippen LogP contribution in [0.3, 0.4) is 0 Å². The predicted molar refractivity (Wildman–Crippen MR) is 92.0 cm³/mol. The van der Waals surface area contributed by atoms with Crippen molar-refractivity contribution in [2.45, 2.75) is 20.0 Å². The van der Waals surface area contributed by atoms with Gasteiger partial charge in [-0.3, -0.25) is 9.59 Å². The van der Waals surface area contributed by atoms with Gasteiger partial charge in [0.15, 0.2) is 0 Å². The molecule has 25 heavy (non-hydrogen) atoms. The van der Waals surface area contributed by atoms with Crippen molar-refractivity contribution in [3.8, 4) is 11.6 Å². The van der Waals surface area contributed by atoms with E-state index in [1.807, 2.05) is 18.2 Å². The van der Waals surface area contributed by atoms with Gasteiger partial charge in [-0.25, -0.2) is 9.67 Å². The molecular formula is C17H15ClN4O3. The minimum atomic E-state index is -0.389. The smallest absolute Gasteiger partial charge is 0.267 e. The number of nitrogens with one attached hydrogen (secondary N) is 1. The number of benzene rings is 1. The molecule has 128 valence electrons. The van der Waals surface area contributed by atoms with E-state index in [1.165, 1.54) is 12.1 Å². The summed E-state index contributed by atoms with van der Waals surface area (Å²) in [5.41, 5.74) is 0.786. The topological polar surface area (TPSA) is 90.0 Å². The van der Waals surface area contributed by atoms with Gasteiger partial charge < -0.3 is 9.73 Å². The number of hydrogen-bond donors (Lipinski definition) is 1. The van der Waals surface area contributed by atoms with Crippen molar-refractivity contribution >= 4 is 17.5 Å². The third-order valence-corrected chi connectivity index (χ3v) is 3.80. The number of oxazole rings is 1. The number of rotatable bonds is 5. The van der Waals surface area contributed by atoms with Crippen molar-refractivity contribution in [1.82, 2.24) is 20.1 Å². The van der Waals surface area contributed by atoms with Gasteiger partial charge in [0.25, 0.3) is 5.56 Å². The van der Waals surface area contributed by atoms with Gasteiger partial charge in [-0.15, -0.1) is 0 Å². The summed E-state index contributed by atoms with van der Waals surface area (Å²) in [7, 11) is 0. The predicted octanol–water partition coefficient (Wildman–Crippen LogP) is 2.18. The van der Waals surface area contributed by atoms with E-state index in [-0.39, 0.29) is 24.6 Å². The molecule has 0 saturated carbocycles. The minimum Gasteiger partial charge on any atom is -0.440 e. The van der Waals surface area contributed by atoms with Crippen LogP contribution < -0.4 is 10.9 Å². The van der Waals surface area contributed by atoms with E-state index in [2.05, 4.69) is 15.4 Å². The van der Waals surface area contributed by atoms with Gasteiger partial charge in [-0.05, 0) is 24.6 Å². The SMILES string of the molecule is Cc1cnc(-c2ccc(=O)n(CC(=O)NCc3ccccc3Cl)n2)o1. The summed E-state index contributed by atoms with van der Waals surface area (Å²) < 4.78 is 6.45. The molecule has 0 saturated heterocycles. The molecule has 0 spiro atoms. The van der Waals surface area contributed by atoms with E-state index in [1.54, 1.807) is 19.2 Å². The number of carbonyl (C=O) groups excluding carboxylic acids is 1. The second-order valence-electron chi connectivity index (χ2n) is 5.36. The highest BCUT2D eigenvalue weighted by Crippen LogP contribution is 2.15. The number of nitrogens with zero attached hydrogens (tertiary/aromatic N) is 3. The van der Waals surface area contributed by atoms with Crippen LogP contribution in [0.4, 0.5) is 0 Å². The quantitative estimate of drug-likeness (QED) is 0.755. The lowest BCUT2D eigenvalue weighted by Gasteiger charge is -2.08. The van der Waals surface area contributed by atoms with Crippen molar-refractivity contribution in [2.75, 3.05) is 0 Å². The summed E-state index contributed by atoms with van der Waals surface area (Å²) in [5, 5.41) is 7.41. The van der Waals surface area contributed by atoms with Crippen LogP contribution in [0, 0.1) is 6.92 Å². The maximum Gasteiger partial charge on any atom is 0.267 e. The first kappa shape index (κ1) is 16.9. The molecule has 8 heteroatoms. The Kier molecular flexibility index (Phi) is 4.95. The first-order chi connectivity index (χ1) is 12.0. The molecule has 0 atom stereocenters. The molecule has 7 nitrogen and oxygen atoms in total. The Morgan fingerprint density at radius 2 is 2.08 bits per heavy atom. The monoisotopic (exact) mass is 358 g/mol. The van der Waals surface area contributed by atoms with E-state index < -0.39 is 0 Å². The Bertz CT molecular complexity index is 964. The van der Waals surface area contributed by atoms with Crippen LogP contribution >= 0.6 is 11.6 Å². The van der Waals surface area contributed by atoms with Crippen molar-refractivity contribution in [3.63, 3.8) is 0 Å². The Morgan fingerprint density at radius 1 is 1.28 bits per heavy atom. The highest BCUT2D eigenvalue weighted by Gasteiger charge is 2.11. The van der Waals surface area contributed by atoms with Crippen LogP contribution in [0.1, 0.15) is 11.3 Å². The van der Waals surface area contributed by atoms with Crippen molar-refractivity contribution in [2.24, 2.45) is 0 Å². The van der Waals surface area contributed by atoms with Crippen LogP contribution in [0.5, 0.6) is 0 Å². The molecule has 0 fully saturated rings. The number of aromatic nitrogens is 3. The van der Waals surface area contributed by atoms with E-state index in [4.69, 9.17) is 16.0 Å². The van der Waals surface area contributed by atoms with Crippen LogP contribution in [-0.4, -0.2) is 20.7 Å². The molecule has 3 rings (SSSR count). The van der Waals surface area contributed by atoms with E-state index in [0.717, 1.165) is 10.2 Å². The molecule has 0 aliphatic carbocycles. The second-order valence-corrected chi connectivity index (χ2v) is 5.77. The molecular weight excluding hydrogens is 344 g/mol. The third-order valence-electron chi connectivity index (χ3n) is 3.43. The van der Waals surface area contributed by atoms with Gasteiger partial charge in [-0.2, -0.15) is 5.10 Å². The fourth-order valence-electron chi connectivity index (χ4n) is 2.18. The number of aryl methyl sites for hydroxylation is 1. The standard InChI is InChI=1S/C17H15ClN4O3/c1-11-8-20-17(25-11)14-6-7-16(24)22(21-14)10-15(23)19-9-12-4-2-3-5-13(12)18/h2-8H,9-10H2,1H3,(H,19,23). The average molecular weight is 359 g/mol.